The van der Waals surface area contributed by atoms with E-state index >= 15 is 0 Å². The molecule has 1 aliphatic rings. The van der Waals surface area contributed by atoms with E-state index in [-0.39, 0.29) is 24.7 Å². The predicted molar refractivity (Wildman–Crippen MR) is 73.5 cm³/mol. The Morgan fingerprint density at radius 3 is 2.80 bits per heavy atom. The van der Waals surface area contributed by atoms with Crippen molar-refractivity contribution in [2.75, 3.05) is 5.73 Å². The van der Waals surface area contributed by atoms with E-state index in [9.17, 15) is 14.4 Å². The normalized spacial score (nSPS) is 18.5. The lowest BCUT2D eigenvalue weighted by atomic mass is 10.0. The molecular weight excluding hydrogens is 258 g/mol. The van der Waals surface area contributed by atoms with Gasteiger partial charge in [-0.25, -0.2) is 0 Å². The summed E-state index contributed by atoms with van der Waals surface area (Å²) >= 11 is 0. The largest absolute Gasteiger partial charge is 0.399 e. The number of nitrogens with two attached hydrogens (primary N) is 1. The molecule has 1 aromatic carbocycles. The van der Waals surface area contributed by atoms with Crippen molar-refractivity contribution in [3.8, 4) is 0 Å². The fraction of sp³-hybridized carbons (Fsp3) is 0.357. The summed E-state index contributed by atoms with van der Waals surface area (Å²) in [5.41, 5.74) is 7.36. The van der Waals surface area contributed by atoms with Crippen LogP contribution in [0.15, 0.2) is 24.3 Å². The molecule has 4 N–H and O–H groups in total. The number of aryl methyl sites for hydroxylation is 1. The first-order valence-corrected chi connectivity index (χ1v) is 6.52. The van der Waals surface area contributed by atoms with Gasteiger partial charge in [0.1, 0.15) is 6.04 Å². The van der Waals surface area contributed by atoms with Crippen molar-refractivity contribution >= 4 is 23.4 Å². The summed E-state index contributed by atoms with van der Waals surface area (Å²) < 4.78 is 0. The van der Waals surface area contributed by atoms with E-state index < -0.39 is 11.9 Å². The summed E-state index contributed by atoms with van der Waals surface area (Å²) in [6.45, 7) is 0. The van der Waals surface area contributed by atoms with E-state index in [1.165, 1.54) is 0 Å². The highest BCUT2D eigenvalue weighted by Crippen LogP contribution is 2.13. The zero-order chi connectivity index (χ0) is 14.5. The van der Waals surface area contributed by atoms with Gasteiger partial charge >= 0.3 is 0 Å². The molecule has 1 unspecified atom stereocenters. The molecule has 1 atom stereocenters. The lowest BCUT2D eigenvalue weighted by Crippen LogP contribution is -2.52. The first-order chi connectivity index (χ1) is 9.56. The maximum absolute atomic E-state index is 11.8. The molecule has 0 radical (unpaired) electrons. The Hall–Kier alpha value is -2.37. The number of hydrogen-bond acceptors (Lipinski definition) is 4. The number of carbonyl (C=O) groups excluding carboxylic acids is 3. The standard InChI is InChI=1S/C14H17N3O3/c15-10-4-2-1-3-9(10)5-7-12(18)16-11-6-8-13(19)17-14(11)20/h1-4,11H,5-8,15H2,(H,16,18)(H,17,19,20). The predicted octanol–water partition coefficient (Wildman–Crippen LogP) is 0.123. The third-order valence-electron chi connectivity index (χ3n) is 3.25. The number of benzene rings is 1. The average molecular weight is 275 g/mol. The van der Waals surface area contributed by atoms with Crippen LogP contribution in [0.5, 0.6) is 0 Å². The highest BCUT2D eigenvalue weighted by Gasteiger charge is 2.27. The van der Waals surface area contributed by atoms with Gasteiger partial charge in [-0.3, -0.25) is 19.7 Å². The zero-order valence-corrected chi connectivity index (χ0v) is 11.0. The first-order valence-electron chi connectivity index (χ1n) is 6.52. The summed E-state index contributed by atoms with van der Waals surface area (Å²) in [7, 11) is 0. The van der Waals surface area contributed by atoms with Gasteiger partial charge in [-0.15, -0.1) is 0 Å². The van der Waals surface area contributed by atoms with Crippen LogP contribution in [0.25, 0.3) is 0 Å². The maximum atomic E-state index is 11.8. The minimum atomic E-state index is -0.617. The number of imide groups is 1. The molecule has 6 nitrogen and oxygen atoms in total. The molecule has 0 bridgehead atoms. The molecule has 6 heteroatoms. The number of para-hydroxylation sites is 1. The lowest BCUT2D eigenvalue weighted by Gasteiger charge is -2.21. The van der Waals surface area contributed by atoms with Crippen molar-refractivity contribution in [1.82, 2.24) is 10.6 Å². The third kappa shape index (κ3) is 3.57. The van der Waals surface area contributed by atoms with E-state index in [0.29, 0.717) is 18.5 Å². The van der Waals surface area contributed by atoms with Crippen LogP contribution in [-0.2, 0) is 20.8 Å². The van der Waals surface area contributed by atoms with Crippen molar-refractivity contribution in [3.05, 3.63) is 29.8 Å². The molecule has 1 heterocycles. The first kappa shape index (κ1) is 14.0. The van der Waals surface area contributed by atoms with Gasteiger partial charge in [0.2, 0.25) is 17.7 Å². The fourth-order valence-electron chi connectivity index (χ4n) is 2.11. The lowest BCUT2D eigenvalue weighted by molar-refractivity contribution is -0.137. The van der Waals surface area contributed by atoms with E-state index in [1.807, 2.05) is 18.2 Å². The van der Waals surface area contributed by atoms with Crippen molar-refractivity contribution in [2.24, 2.45) is 0 Å². The molecule has 0 spiro atoms. The smallest absolute Gasteiger partial charge is 0.249 e. The van der Waals surface area contributed by atoms with Crippen molar-refractivity contribution in [1.29, 1.82) is 0 Å². The van der Waals surface area contributed by atoms with Crippen LogP contribution in [0.3, 0.4) is 0 Å². The van der Waals surface area contributed by atoms with Gasteiger partial charge in [0.25, 0.3) is 0 Å². The van der Waals surface area contributed by atoms with Gasteiger partial charge in [-0.2, -0.15) is 0 Å². The maximum Gasteiger partial charge on any atom is 0.249 e. The van der Waals surface area contributed by atoms with E-state index in [1.54, 1.807) is 6.07 Å². The summed E-state index contributed by atoms with van der Waals surface area (Å²) in [6.07, 6.45) is 1.38. The van der Waals surface area contributed by atoms with Gasteiger partial charge in [0, 0.05) is 18.5 Å². The SMILES string of the molecule is Nc1ccccc1CCC(=O)NC1CCC(=O)NC1=O. The number of nitrogens with one attached hydrogen (secondary N) is 2. The highest BCUT2D eigenvalue weighted by molar-refractivity contribution is 6.01. The Morgan fingerprint density at radius 2 is 2.10 bits per heavy atom. The van der Waals surface area contributed by atoms with Crippen LogP contribution in [-0.4, -0.2) is 23.8 Å². The van der Waals surface area contributed by atoms with Crippen molar-refractivity contribution in [3.63, 3.8) is 0 Å². The minimum absolute atomic E-state index is 0.220. The van der Waals surface area contributed by atoms with E-state index in [2.05, 4.69) is 10.6 Å². The molecule has 0 saturated carbocycles. The van der Waals surface area contributed by atoms with Crippen LogP contribution in [0.1, 0.15) is 24.8 Å². The Balaban J connectivity index is 1.83. The molecule has 20 heavy (non-hydrogen) atoms. The van der Waals surface area contributed by atoms with Crippen LogP contribution < -0.4 is 16.4 Å². The van der Waals surface area contributed by atoms with Crippen LogP contribution >= 0.6 is 0 Å². The molecule has 0 aliphatic carbocycles. The molecular formula is C14H17N3O3. The third-order valence-corrected chi connectivity index (χ3v) is 3.25. The van der Waals surface area contributed by atoms with Crippen molar-refractivity contribution < 1.29 is 14.4 Å². The molecule has 3 amide bonds. The Kier molecular flexibility index (Phi) is 4.34. The second kappa shape index (κ2) is 6.18. The number of rotatable bonds is 4. The molecule has 1 saturated heterocycles. The van der Waals surface area contributed by atoms with Gasteiger partial charge < -0.3 is 11.1 Å². The topological polar surface area (TPSA) is 101 Å². The number of nitrogen functional groups attached to an aromatic ring is 1. The van der Waals surface area contributed by atoms with Crippen LogP contribution in [0.4, 0.5) is 5.69 Å². The summed E-state index contributed by atoms with van der Waals surface area (Å²) in [5.74, 6) is -0.950. The number of carbonyl (C=O) groups is 3. The molecule has 1 aliphatic heterocycles. The Labute approximate surface area is 116 Å². The van der Waals surface area contributed by atoms with Gasteiger partial charge in [-0.1, -0.05) is 18.2 Å². The average Bonchev–Trinajstić information content (AvgIpc) is 2.41. The monoisotopic (exact) mass is 275 g/mol. The highest BCUT2D eigenvalue weighted by atomic mass is 16.2. The number of hydrogen-bond donors (Lipinski definition) is 3. The zero-order valence-electron chi connectivity index (χ0n) is 11.0. The second-order valence-electron chi connectivity index (χ2n) is 4.77. The summed E-state index contributed by atoms with van der Waals surface area (Å²) in [6, 6.07) is 6.74. The second-order valence-corrected chi connectivity index (χ2v) is 4.77. The summed E-state index contributed by atoms with van der Waals surface area (Å²) in [5, 5.41) is 4.84. The Morgan fingerprint density at radius 1 is 1.35 bits per heavy atom. The molecule has 106 valence electrons. The number of anilines is 1. The fourth-order valence-corrected chi connectivity index (χ4v) is 2.11. The minimum Gasteiger partial charge on any atom is -0.399 e. The summed E-state index contributed by atoms with van der Waals surface area (Å²) in [4.78, 5) is 34.3. The van der Waals surface area contributed by atoms with Gasteiger partial charge in [0.15, 0.2) is 0 Å². The van der Waals surface area contributed by atoms with Gasteiger partial charge in [0.05, 0.1) is 0 Å². The quantitative estimate of drug-likeness (QED) is 0.536. The number of piperidine rings is 1. The van der Waals surface area contributed by atoms with E-state index in [4.69, 9.17) is 5.73 Å². The van der Waals surface area contributed by atoms with Gasteiger partial charge in [-0.05, 0) is 24.5 Å². The molecule has 2 rings (SSSR count). The van der Waals surface area contributed by atoms with Crippen LogP contribution in [0, 0.1) is 0 Å². The molecule has 1 fully saturated rings. The molecule has 0 aromatic heterocycles. The molecule has 1 aromatic rings. The Bertz CT molecular complexity index is 542. The number of amides is 3. The van der Waals surface area contributed by atoms with Crippen LogP contribution in [0.2, 0.25) is 0 Å². The van der Waals surface area contributed by atoms with E-state index in [0.717, 1.165) is 5.56 Å². The van der Waals surface area contributed by atoms with Crippen molar-refractivity contribution in [2.45, 2.75) is 31.7 Å².